The number of unbranched alkanes of at least 4 members (excludes halogenated alkanes) is 18. The molecular weight excluding hydrogens is 719 g/mol. The van der Waals surface area contributed by atoms with E-state index >= 15 is 0 Å². The molecule has 1 unspecified atom stereocenters. The number of benzene rings is 1. The molecule has 0 spiro atoms. The van der Waals surface area contributed by atoms with E-state index in [4.69, 9.17) is 4.74 Å². The molecule has 0 saturated heterocycles. The topological polar surface area (TPSA) is 90.9 Å². The number of amides is 2. The number of rotatable bonds is 39. The molecule has 7 heteroatoms. The lowest BCUT2D eigenvalue weighted by atomic mass is 10.0. The van der Waals surface area contributed by atoms with Gasteiger partial charge in [0, 0.05) is 24.2 Å². The molecule has 0 aliphatic heterocycles. The Kier molecular flexibility index (Phi) is 36.1. The summed E-state index contributed by atoms with van der Waals surface area (Å²) in [7, 11) is 4.01. The summed E-state index contributed by atoms with van der Waals surface area (Å²) < 4.78 is 5.73. The van der Waals surface area contributed by atoms with Crippen LogP contribution in [0.5, 0.6) is 0 Å². The van der Waals surface area contributed by atoms with Crippen LogP contribution in [-0.2, 0) is 11.3 Å². The molecule has 0 aliphatic carbocycles. The molecule has 58 heavy (non-hydrogen) atoms. The standard InChI is InChI=1S/C51H87N3O4/c1-5-7-9-11-13-15-17-19-21-23-25-27-29-31-33-35-39-52-50(56)47-42-46(45-58-49(55)38-37-41-54(3)4)43-48(44-47)51(57)53-40-36-34-32-30-28-26-24-22-20-18-16-14-12-10-8-6-2/h13-16,19-22,42-44,49,55H,5-12,17-18,23-41,45H2,1-4H3,(H,52,56)(H,53,57)/b15-13-,16-14-,21-19-,22-20-. The highest BCUT2D eigenvalue weighted by atomic mass is 16.6. The van der Waals surface area contributed by atoms with Gasteiger partial charge in [-0.25, -0.2) is 0 Å². The van der Waals surface area contributed by atoms with E-state index < -0.39 is 6.29 Å². The van der Waals surface area contributed by atoms with Gasteiger partial charge < -0.3 is 25.4 Å². The van der Waals surface area contributed by atoms with Crippen molar-refractivity contribution >= 4 is 11.8 Å². The van der Waals surface area contributed by atoms with Gasteiger partial charge in [-0.1, -0.05) is 140 Å². The number of aliphatic hydroxyl groups excluding tert-OH is 1. The molecule has 1 aromatic rings. The summed E-state index contributed by atoms with van der Waals surface area (Å²) in [5, 5.41) is 16.5. The maximum absolute atomic E-state index is 13.2. The molecule has 2 amide bonds. The second kappa shape index (κ2) is 39.5. The summed E-state index contributed by atoms with van der Waals surface area (Å²) in [5.74, 6) is -0.370. The third-order valence-corrected chi connectivity index (χ3v) is 10.3. The second-order valence-corrected chi connectivity index (χ2v) is 16.3. The molecule has 7 nitrogen and oxygen atoms in total. The van der Waals surface area contributed by atoms with Gasteiger partial charge in [-0.15, -0.1) is 0 Å². The zero-order valence-electron chi connectivity index (χ0n) is 37.8. The van der Waals surface area contributed by atoms with Crippen LogP contribution >= 0.6 is 0 Å². The monoisotopic (exact) mass is 806 g/mol. The number of hydrogen-bond acceptors (Lipinski definition) is 5. The van der Waals surface area contributed by atoms with Crippen LogP contribution in [0.15, 0.2) is 66.8 Å². The third-order valence-electron chi connectivity index (χ3n) is 10.3. The number of nitrogens with one attached hydrogen (secondary N) is 2. The van der Waals surface area contributed by atoms with Crippen molar-refractivity contribution in [3.8, 4) is 0 Å². The Morgan fingerprint density at radius 2 is 0.966 bits per heavy atom. The Bertz CT molecular complexity index is 1170. The fraction of sp³-hybridized carbons (Fsp3) is 0.686. The molecule has 1 aromatic carbocycles. The fourth-order valence-electron chi connectivity index (χ4n) is 6.73. The average Bonchev–Trinajstić information content (AvgIpc) is 3.21. The van der Waals surface area contributed by atoms with Crippen LogP contribution in [0.1, 0.15) is 207 Å². The lowest BCUT2D eigenvalue weighted by molar-refractivity contribution is -0.113. The van der Waals surface area contributed by atoms with E-state index in [0.717, 1.165) is 64.3 Å². The van der Waals surface area contributed by atoms with E-state index in [1.165, 1.54) is 103 Å². The van der Waals surface area contributed by atoms with Crippen LogP contribution in [-0.4, -0.2) is 61.8 Å². The van der Waals surface area contributed by atoms with Gasteiger partial charge in [-0.2, -0.15) is 0 Å². The van der Waals surface area contributed by atoms with Crippen LogP contribution in [0.4, 0.5) is 0 Å². The van der Waals surface area contributed by atoms with E-state index in [1.54, 1.807) is 18.2 Å². The Morgan fingerprint density at radius 1 is 0.569 bits per heavy atom. The Labute approximate surface area is 356 Å². The van der Waals surface area contributed by atoms with Crippen molar-refractivity contribution in [3.05, 3.63) is 83.5 Å². The first kappa shape index (κ1) is 53.0. The molecule has 1 atom stereocenters. The van der Waals surface area contributed by atoms with Gasteiger partial charge in [0.15, 0.2) is 6.29 Å². The number of ether oxygens (including phenoxy) is 1. The molecule has 3 N–H and O–H groups in total. The minimum Gasteiger partial charge on any atom is -0.368 e. The predicted molar refractivity (Wildman–Crippen MR) is 248 cm³/mol. The van der Waals surface area contributed by atoms with Gasteiger partial charge >= 0.3 is 0 Å². The molecule has 1 rings (SSSR count). The van der Waals surface area contributed by atoms with E-state index in [0.29, 0.717) is 36.2 Å². The van der Waals surface area contributed by atoms with Gasteiger partial charge in [-0.3, -0.25) is 9.59 Å². The van der Waals surface area contributed by atoms with Crippen molar-refractivity contribution < 1.29 is 19.4 Å². The van der Waals surface area contributed by atoms with E-state index in [-0.39, 0.29) is 18.4 Å². The van der Waals surface area contributed by atoms with Crippen LogP contribution in [0, 0.1) is 0 Å². The minimum absolute atomic E-state index is 0.127. The van der Waals surface area contributed by atoms with E-state index in [9.17, 15) is 14.7 Å². The number of aliphatic hydroxyl groups is 1. The van der Waals surface area contributed by atoms with E-state index in [2.05, 4.69) is 78.0 Å². The van der Waals surface area contributed by atoms with Crippen LogP contribution in [0.25, 0.3) is 0 Å². The van der Waals surface area contributed by atoms with Gasteiger partial charge in [-0.05, 0) is 134 Å². The Hall–Kier alpha value is -3.00. The SMILES string of the molecule is CCCCC/C=C\C/C=C\CCCCCCCCNC(=O)c1cc(COC(O)CCCN(C)C)cc(C(=O)NCCCCCCCC/C=C\C/C=C\CCCCC)c1. The fourth-order valence-corrected chi connectivity index (χ4v) is 6.73. The summed E-state index contributed by atoms with van der Waals surface area (Å²) >= 11 is 0. The molecule has 0 radical (unpaired) electrons. The molecule has 0 fully saturated rings. The molecule has 0 aliphatic rings. The van der Waals surface area contributed by atoms with Crippen LogP contribution in [0.3, 0.4) is 0 Å². The number of carbonyl (C=O) groups is 2. The molecule has 0 bridgehead atoms. The predicted octanol–water partition coefficient (Wildman–Crippen LogP) is 12.9. The zero-order valence-corrected chi connectivity index (χ0v) is 37.8. The van der Waals surface area contributed by atoms with Crippen molar-refractivity contribution in [3.63, 3.8) is 0 Å². The van der Waals surface area contributed by atoms with Crippen molar-refractivity contribution in [2.24, 2.45) is 0 Å². The lowest BCUT2D eigenvalue weighted by Gasteiger charge is -2.15. The van der Waals surface area contributed by atoms with Crippen LogP contribution < -0.4 is 10.6 Å². The number of hydrogen-bond donors (Lipinski definition) is 3. The summed E-state index contributed by atoms with van der Waals surface area (Å²) in [5.41, 5.74) is 1.59. The first-order chi connectivity index (χ1) is 28.4. The smallest absolute Gasteiger partial charge is 0.251 e. The summed E-state index contributed by atoms with van der Waals surface area (Å²) in [6, 6.07) is 5.23. The summed E-state index contributed by atoms with van der Waals surface area (Å²) in [6.07, 6.45) is 47.2. The first-order valence-electron chi connectivity index (χ1n) is 23.6. The summed E-state index contributed by atoms with van der Waals surface area (Å²) in [6.45, 7) is 6.69. The van der Waals surface area contributed by atoms with Crippen molar-refractivity contribution in [2.75, 3.05) is 33.7 Å². The van der Waals surface area contributed by atoms with Crippen molar-refractivity contribution in [1.82, 2.24) is 15.5 Å². The van der Waals surface area contributed by atoms with Crippen molar-refractivity contribution in [1.29, 1.82) is 0 Å². The minimum atomic E-state index is -0.901. The maximum Gasteiger partial charge on any atom is 0.251 e. The third kappa shape index (κ3) is 32.9. The van der Waals surface area contributed by atoms with Gasteiger partial charge in [0.25, 0.3) is 11.8 Å². The zero-order chi connectivity index (χ0) is 42.2. The number of nitrogens with zero attached hydrogens (tertiary/aromatic N) is 1. The van der Waals surface area contributed by atoms with Gasteiger partial charge in [0.1, 0.15) is 0 Å². The van der Waals surface area contributed by atoms with E-state index in [1.807, 2.05) is 14.1 Å². The molecule has 0 saturated carbocycles. The Morgan fingerprint density at radius 3 is 1.38 bits per heavy atom. The van der Waals surface area contributed by atoms with Crippen LogP contribution in [0.2, 0.25) is 0 Å². The molecular formula is C51H87N3O4. The molecule has 0 aromatic heterocycles. The average molecular weight is 806 g/mol. The quantitative estimate of drug-likeness (QED) is 0.0350. The maximum atomic E-state index is 13.2. The first-order valence-corrected chi connectivity index (χ1v) is 23.6. The highest BCUT2D eigenvalue weighted by Gasteiger charge is 2.14. The summed E-state index contributed by atoms with van der Waals surface area (Å²) in [4.78, 5) is 28.6. The lowest BCUT2D eigenvalue weighted by Crippen LogP contribution is -2.27. The molecule has 330 valence electrons. The van der Waals surface area contributed by atoms with Crippen molar-refractivity contribution in [2.45, 2.75) is 194 Å². The number of allylic oxidation sites excluding steroid dienone is 8. The second-order valence-electron chi connectivity index (χ2n) is 16.3. The Balaban J connectivity index is 2.43. The van der Waals surface area contributed by atoms with Gasteiger partial charge in [0.2, 0.25) is 0 Å². The highest BCUT2D eigenvalue weighted by molar-refractivity contribution is 6.00. The normalized spacial score (nSPS) is 12.6. The number of carbonyl (C=O) groups excluding carboxylic acids is 2. The molecule has 0 heterocycles. The highest BCUT2D eigenvalue weighted by Crippen LogP contribution is 2.15. The largest absolute Gasteiger partial charge is 0.368 e. The van der Waals surface area contributed by atoms with Gasteiger partial charge in [0.05, 0.1) is 6.61 Å².